The summed E-state index contributed by atoms with van der Waals surface area (Å²) in [5.41, 5.74) is 1.99. The van der Waals surface area contributed by atoms with Crippen LogP contribution in [0, 0.1) is 6.92 Å². The Bertz CT molecular complexity index is 884. The molecule has 1 N–H and O–H groups in total. The molecule has 0 spiro atoms. The van der Waals surface area contributed by atoms with Crippen molar-refractivity contribution in [2.45, 2.75) is 24.2 Å². The number of nitrogens with zero attached hydrogens (tertiary/aromatic N) is 2. The predicted molar refractivity (Wildman–Crippen MR) is 90.9 cm³/mol. The van der Waals surface area contributed by atoms with Gasteiger partial charge in [0.25, 0.3) is 0 Å². The molecule has 0 unspecified atom stereocenters. The van der Waals surface area contributed by atoms with Crippen LogP contribution in [-0.2, 0) is 23.1 Å². The van der Waals surface area contributed by atoms with Crippen LogP contribution >= 0.6 is 11.3 Å². The zero-order valence-electron chi connectivity index (χ0n) is 12.6. The molecular formula is C16H17N3O2S2. The van der Waals surface area contributed by atoms with E-state index >= 15 is 0 Å². The van der Waals surface area contributed by atoms with E-state index in [0.717, 1.165) is 16.0 Å². The summed E-state index contributed by atoms with van der Waals surface area (Å²) in [6.45, 7) is 2.77. The van der Waals surface area contributed by atoms with Gasteiger partial charge in [0, 0.05) is 23.8 Å². The van der Waals surface area contributed by atoms with Gasteiger partial charge in [0.05, 0.1) is 6.54 Å². The van der Waals surface area contributed by atoms with Crippen molar-refractivity contribution in [1.29, 1.82) is 0 Å². The number of thiophene rings is 1. The molecule has 0 bridgehead atoms. The van der Waals surface area contributed by atoms with E-state index in [0.29, 0.717) is 10.8 Å². The third kappa shape index (κ3) is 3.87. The average molecular weight is 347 g/mol. The molecule has 0 saturated carbocycles. The molecule has 0 fully saturated rings. The maximum Gasteiger partial charge on any atom is 0.250 e. The fraction of sp³-hybridized carbons (Fsp3) is 0.188. The van der Waals surface area contributed by atoms with Gasteiger partial charge in [-0.1, -0.05) is 24.3 Å². The van der Waals surface area contributed by atoms with E-state index in [4.69, 9.17) is 0 Å². The first kappa shape index (κ1) is 15.9. The number of aryl methyl sites for hydroxylation is 1. The second-order valence-electron chi connectivity index (χ2n) is 5.16. The first-order valence-corrected chi connectivity index (χ1v) is 9.45. The molecule has 0 radical (unpaired) electrons. The zero-order valence-corrected chi connectivity index (χ0v) is 14.3. The summed E-state index contributed by atoms with van der Waals surface area (Å²) in [7, 11) is -3.47. The van der Waals surface area contributed by atoms with E-state index in [1.807, 2.05) is 54.2 Å². The Morgan fingerprint density at radius 1 is 1.13 bits per heavy atom. The molecule has 0 aliphatic rings. The van der Waals surface area contributed by atoms with Gasteiger partial charge in [-0.3, -0.25) is 4.68 Å². The molecule has 2 aromatic heterocycles. The van der Waals surface area contributed by atoms with E-state index in [1.54, 1.807) is 12.3 Å². The van der Waals surface area contributed by atoms with Crippen molar-refractivity contribution in [2.75, 3.05) is 0 Å². The van der Waals surface area contributed by atoms with Crippen molar-refractivity contribution >= 4 is 21.4 Å². The Kier molecular flexibility index (Phi) is 4.61. The molecule has 1 aromatic carbocycles. The predicted octanol–water partition coefficient (Wildman–Crippen LogP) is 2.78. The van der Waals surface area contributed by atoms with Gasteiger partial charge in [0.2, 0.25) is 10.0 Å². The smallest absolute Gasteiger partial charge is 0.250 e. The van der Waals surface area contributed by atoms with Gasteiger partial charge >= 0.3 is 0 Å². The largest absolute Gasteiger partial charge is 0.268 e. The number of hydrogen-bond donors (Lipinski definition) is 1. The number of nitrogens with one attached hydrogen (secondary N) is 1. The van der Waals surface area contributed by atoms with Crippen molar-refractivity contribution in [3.8, 4) is 0 Å². The summed E-state index contributed by atoms with van der Waals surface area (Å²) in [6.07, 6.45) is 3.61. The first-order chi connectivity index (χ1) is 11.0. The highest BCUT2D eigenvalue weighted by Gasteiger charge is 2.16. The van der Waals surface area contributed by atoms with Crippen molar-refractivity contribution in [3.63, 3.8) is 0 Å². The van der Waals surface area contributed by atoms with Crippen LogP contribution in [0.15, 0.2) is 59.1 Å². The Morgan fingerprint density at radius 2 is 1.91 bits per heavy atom. The van der Waals surface area contributed by atoms with E-state index in [9.17, 15) is 8.42 Å². The third-order valence-corrected chi connectivity index (χ3v) is 6.34. The van der Waals surface area contributed by atoms with Crippen molar-refractivity contribution in [3.05, 3.63) is 70.9 Å². The minimum absolute atomic E-state index is 0.261. The number of aromatic nitrogens is 2. The maximum absolute atomic E-state index is 12.3. The van der Waals surface area contributed by atoms with Crippen LogP contribution in [0.1, 0.15) is 16.0 Å². The monoisotopic (exact) mass is 347 g/mol. The zero-order chi connectivity index (χ0) is 16.3. The summed E-state index contributed by atoms with van der Waals surface area (Å²) in [5.74, 6) is 0. The summed E-state index contributed by atoms with van der Waals surface area (Å²) >= 11 is 1.27. The molecule has 3 aromatic rings. The molecule has 0 amide bonds. The standard InChI is InChI=1S/C16H17N3O2S2/c1-13-7-8-16(22-13)23(20,21)18-11-14-5-2-3-6-15(14)12-19-10-4-9-17-19/h2-10,18H,11-12H2,1H3. The molecule has 3 rings (SSSR count). The summed E-state index contributed by atoms with van der Waals surface area (Å²) in [6, 6.07) is 13.1. The lowest BCUT2D eigenvalue weighted by Crippen LogP contribution is -2.23. The molecule has 120 valence electrons. The van der Waals surface area contributed by atoms with E-state index in [2.05, 4.69) is 9.82 Å². The Morgan fingerprint density at radius 3 is 2.57 bits per heavy atom. The van der Waals surface area contributed by atoms with Gasteiger partial charge < -0.3 is 0 Å². The lowest BCUT2D eigenvalue weighted by molar-refractivity contribution is 0.582. The summed E-state index contributed by atoms with van der Waals surface area (Å²) in [4.78, 5) is 0.976. The van der Waals surface area contributed by atoms with Crippen molar-refractivity contribution < 1.29 is 8.42 Å². The lowest BCUT2D eigenvalue weighted by atomic mass is 10.1. The Labute approximate surface area is 139 Å². The number of sulfonamides is 1. The van der Waals surface area contributed by atoms with Crippen molar-refractivity contribution in [1.82, 2.24) is 14.5 Å². The average Bonchev–Trinajstić information content (AvgIpc) is 3.18. The SMILES string of the molecule is Cc1ccc(S(=O)(=O)NCc2ccccc2Cn2cccn2)s1. The molecule has 2 heterocycles. The van der Waals surface area contributed by atoms with Gasteiger partial charge in [-0.25, -0.2) is 13.1 Å². The Balaban J connectivity index is 1.76. The summed E-state index contributed by atoms with van der Waals surface area (Å²) in [5, 5.41) is 4.19. The van der Waals surface area contributed by atoms with Crippen molar-refractivity contribution in [2.24, 2.45) is 0 Å². The molecule has 0 aliphatic carbocycles. The number of benzene rings is 1. The van der Waals surface area contributed by atoms with Gasteiger partial charge in [0.15, 0.2) is 0 Å². The molecule has 5 nitrogen and oxygen atoms in total. The van der Waals surface area contributed by atoms with E-state index in [-0.39, 0.29) is 6.54 Å². The topological polar surface area (TPSA) is 64.0 Å². The van der Waals surface area contributed by atoms with Crippen LogP contribution in [0.5, 0.6) is 0 Å². The minimum Gasteiger partial charge on any atom is -0.268 e. The van der Waals surface area contributed by atoms with Crippen LogP contribution in [-0.4, -0.2) is 18.2 Å². The van der Waals surface area contributed by atoms with E-state index in [1.165, 1.54) is 11.3 Å². The molecule has 0 atom stereocenters. The molecule has 0 saturated heterocycles. The van der Waals surface area contributed by atoms with Crippen LogP contribution in [0.3, 0.4) is 0 Å². The van der Waals surface area contributed by atoms with Crippen LogP contribution in [0.25, 0.3) is 0 Å². The van der Waals surface area contributed by atoms with Gasteiger partial charge in [0.1, 0.15) is 4.21 Å². The normalized spacial score (nSPS) is 11.7. The fourth-order valence-electron chi connectivity index (χ4n) is 2.25. The number of hydrogen-bond acceptors (Lipinski definition) is 4. The highest BCUT2D eigenvalue weighted by atomic mass is 32.2. The number of rotatable bonds is 6. The van der Waals surface area contributed by atoms with Crippen LogP contribution in [0.2, 0.25) is 0 Å². The van der Waals surface area contributed by atoms with Crippen LogP contribution in [0.4, 0.5) is 0 Å². The lowest BCUT2D eigenvalue weighted by Gasteiger charge is -2.11. The molecule has 23 heavy (non-hydrogen) atoms. The van der Waals surface area contributed by atoms with E-state index < -0.39 is 10.0 Å². The quantitative estimate of drug-likeness (QED) is 0.746. The maximum atomic E-state index is 12.3. The molecule has 7 heteroatoms. The highest BCUT2D eigenvalue weighted by Crippen LogP contribution is 2.21. The second kappa shape index (κ2) is 6.66. The van der Waals surface area contributed by atoms with Gasteiger partial charge in [-0.2, -0.15) is 5.10 Å². The third-order valence-electron chi connectivity index (χ3n) is 3.44. The first-order valence-electron chi connectivity index (χ1n) is 7.15. The van der Waals surface area contributed by atoms with Gasteiger partial charge in [-0.05, 0) is 36.2 Å². The van der Waals surface area contributed by atoms with Gasteiger partial charge in [-0.15, -0.1) is 11.3 Å². The highest BCUT2D eigenvalue weighted by molar-refractivity contribution is 7.91. The fourth-order valence-corrected chi connectivity index (χ4v) is 4.59. The molecule has 0 aliphatic heterocycles. The molecular weight excluding hydrogens is 330 g/mol. The Hall–Kier alpha value is -1.96. The second-order valence-corrected chi connectivity index (χ2v) is 8.44. The minimum atomic E-state index is -3.47. The summed E-state index contributed by atoms with van der Waals surface area (Å²) < 4.78 is 29.5. The van der Waals surface area contributed by atoms with Crippen LogP contribution < -0.4 is 4.72 Å².